The van der Waals surface area contributed by atoms with Crippen LogP contribution in [0.5, 0.6) is 0 Å². The lowest BCUT2D eigenvalue weighted by Crippen LogP contribution is -2.39. The van der Waals surface area contributed by atoms with Crippen molar-refractivity contribution >= 4 is 27.4 Å². The number of hydrogen-bond acceptors (Lipinski definition) is 7. The normalized spacial score (nSPS) is 14.8. The van der Waals surface area contributed by atoms with Crippen LogP contribution in [0.15, 0.2) is 60.1 Å². The highest BCUT2D eigenvalue weighted by Crippen LogP contribution is 2.37. The molecule has 3 aromatic heterocycles. The zero-order chi connectivity index (χ0) is 20.2. The van der Waals surface area contributed by atoms with Gasteiger partial charge >= 0.3 is 0 Å². The number of benzene rings is 1. The van der Waals surface area contributed by atoms with Crippen LogP contribution in [-0.4, -0.2) is 59.2 Å². The van der Waals surface area contributed by atoms with Gasteiger partial charge in [0.05, 0.1) is 18.6 Å². The van der Waals surface area contributed by atoms with Gasteiger partial charge in [0, 0.05) is 43.3 Å². The maximum absolute atomic E-state index is 5.45. The zero-order valence-electron chi connectivity index (χ0n) is 16.6. The highest BCUT2D eigenvalue weighted by Gasteiger charge is 2.17. The Morgan fingerprint density at radius 3 is 2.63 bits per heavy atom. The molecule has 5 rings (SSSR count). The first-order valence-corrected chi connectivity index (χ1v) is 11.1. The van der Waals surface area contributed by atoms with Crippen LogP contribution >= 0.6 is 11.3 Å². The Hall–Kier alpha value is -2.87. The SMILES string of the molecule is c1ccc(-c2csc3nc(-c4ccccn4)nc(NCCN4CCOCC4)c23)cc1. The van der Waals surface area contributed by atoms with E-state index in [9.17, 15) is 0 Å². The number of morpholine rings is 1. The van der Waals surface area contributed by atoms with Crippen molar-refractivity contribution in [2.24, 2.45) is 0 Å². The molecule has 0 saturated carbocycles. The van der Waals surface area contributed by atoms with Gasteiger partial charge in [-0.1, -0.05) is 36.4 Å². The molecular weight excluding hydrogens is 394 g/mol. The first kappa shape index (κ1) is 19.1. The van der Waals surface area contributed by atoms with E-state index in [-0.39, 0.29) is 0 Å². The molecule has 0 aliphatic carbocycles. The van der Waals surface area contributed by atoms with E-state index in [1.807, 2.05) is 24.3 Å². The van der Waals surface area contributed by atoms with Gasteiger partial charge in [0.1, 0.15) is 16.3 Å². The Balaban J connectivity index is 1.51. The highest BCUT2D eigenvalue weighted by atomic mass is 32.1. The van der Waals surface area contributed by atoms with Crippen LogP contribution in [0, 0.1) is 0 Å². The quantitative estimate of drug-likeness (QED) is 0.508. The van der Waals surface area contributed by atoms with Crippen LogP contribution in [0.4, 0.5) is 5.82 Å². The van der Waals surface area contributed by atoms with Crippen LogP contribution in [0.2, 0.25) is 0 Å². The second-order valence-electron chi connectivity index (χ2n) is 7.19. The number of thiophene rings is 1. The summed E-state index contributed by atoms with van der Waals surface area (Å²) in [6.07, 6.45) is 1.78. The molecule has 1 fully saturated rings. The third kappa shape index (κ3) is 4.05. The molecule has 4 heterocycles. The minimum atomic E-state index is 0.651. The summed E-state index contributed by atoms with van der Waals surface area (Å²) >= 11 is 1.65. The summed E-state index contributed by atoms with van der Waals surface area (Å²) in [5.74, 6) is 1.52. The lowest BCUT2D eigenvalue weighted by atomic mass is 10.1. The van der Waals surface area contributed by atoms with E-state index in [2.05, 4.69) is 44.8 Å². The topological polar surface area (TPSA) is 63.2 Å². The third-order valence-electron chi connectivity index (χ3n) is 5.24. The van der Waals surface area contributed by atoms with Gasteiger partial charge in [-0.05, 0) is 17.7 Å². The van der Waals surface area contributed by atoms with Crippen molar-refractivity contribution in [2.75, 3.05) is 44.7 Å². The smallest absolute Gasteiger partial charge is 0.181 e. The van der Waals surface area contributed by atoms with E-state index in [0.29, 0.717) is 5.82 Å². The Labute approximate surface area is 179 Å². The van der Waals surface area contributed by atoms with Gasteiger partial charge in [-0.2, -0.15) is 0 Å². The summed E-state index contributed by atoms with van der Waals surface area (Å²) < 4.78 is 5.45. The maximum atomic E-state index is 5.45. The molecule has 0 radical (unpaired) electrons. The summed E-state index contributed by atoms with van der Waals surface area (Å²) in [4.78, 5) is 17.6. The first-order chi connectivity index (χ1) is 14.9. The van der Waals surface area contributed by atoms with E-state index in [1.54, 1.807) is 17.5 Å². The minimum absolute atomic E-state index is 0.651. The molecule has 0 spiro atoms. The van der Waals surface area contributed by atoms with Crippen LogP contribution in [0.25, 0.3) is 32.9 Å². The van der Waals surface area contributed by atoms with E-state index < -0.39 is 0 Å². The summed E-state index contributed by atoms with van der Waals surface area (Å²) in [6.45, 7) is 5.35. The fourth-order valence-corrected chi connectivity index (χ4v) is 4.61. The van der Waals surface area contributed by atoms with E-state index >= 15 is 0 Å². The summed E-state index contributed by atoms with van der Waals surface area (Å²) in [6, 6.07) is 16.2. The number of rotatable bonds is 6. The molecule has 1 aliphatic rings. The summed E-state index contributed by atoms with van der Waals surface area (Å²) in [5, 5.41) is 6.83. The first-order valence-electron chi connectivity index (χ1n) is 10.2. The Morgan fingerprint density at radius 2 is 1.83 bits per heavy atom. The molecule has 30 heavy (non-hydrogen) atoms. The fraction of sp³-hybridized carbons (Fsp3) is 0.261. The number of ether oxygens (including phenoxy) is 1. The van der Waals surface area contributed by atoms with Crippen LogP contribution in [0.3, 0.4) is 0 Å². The number of anilines is 1. The number of pyridine rings is 1. The molecule has 6 nitrogen and oxygen atoms in total. The lowest BCUT2D eigenvalue weighted by molar-refractivity contribution is 0.0398. The van der Waals surface area contributed by atoms with Gasteiger partial charge in [0.2, 0.25) is 0 Å². The van der Waals surface area contributed by atoms with Gasteiger partial charge in [0.25, 0.3) is 0 Å². The molecule has 0 unspecified atom stereocenters. The number of aromatic nitrogens is 3. The number of nitrogens with one attached hydrogen (secondary N) is 1. The van der Waals surface area contributed by atoms with Gasteiger partial charge < -0.3 is 10.1 Å². The van der Waals surface area contributed by atoms with E-state index in [0.717, 1.165) is 66.7 Å². The van der Waals surface area contributed by atoms with Gasteiger partial charge in [0.15, 0.2) is 5.82 Å². The largest absolute Gasteiger partial charge is 0.379 e. The number of fused-ring (bicyclic) bond motifs is 1. The molecule has 152 valence electrons. The van der Waals surface area contributed by atoms with Crippen molar-refractivity contribution in [2.45, 2.75) is 0 Å². The minimum Gasteiger partial charge on any atom is -0.379 e. The average Bonchev–Trinajstić information content (AvgIpc) is 3.25. The van der Waals surface area contributed by atoms with Crippen LogP contribution in [0.1, 0.15) is 0 Å². The average molecular weight is 418 g/mol. The monoisotopic (exact) mass is 417 g/mol. The van der Waals surface area contributed by atoms with Crippen molar-refractivity contribution in [3.63, 3.8) is 0 Å². The van der Waals surface area contributed by atoms with Crippen molar-refractivity contribution in [3.05, 3.63) is 60.1 Å². The predicted molar refractivity (Wildman–Crippen MR) is 122 cm³/mol. The zero-order valence-corrected chi connectivity index (χ0v) is 17.4. The summed E-state index contributed by atoms with van der Waals surface area (Å²) in [5.41, 5.74) is 3.12. The summed E-state index contributed by atoms with van der Waals surface area (Å²) in [7, 11) is 0. The number of hydrogen-bond donors (Lipinski definition) is 1. The van der Waals surface area contributed by atoms with Gasteiger partial charge in [-0.25, -0.2) is 9.97 Å². The molecule has 1 N–H and O–H groups in total. The van der Waals surface area contributed by atoms with E-state index in [1.165, 1.54) is 5.56 Å². The predicted octanol–water partition coefficient (Wildman–Crippen LogP) is 4.16. The molecular formula is C23H23N5OS. The van der Waals surface area contributed by atoms with Crippen molar-refractivity contribution in [3.8, 4) is 22.6 Å². The van der Waals surface area contributed by atoms with Gasteiger partial charge in [-0.15, -0.1) is 11.3 Å². The van der Waals surface area contributed by atoms with E-state index in [4.69, 9.17) is 14.7 Å². The highest BCUT2D eigenvalue weighted by molar-refractivity contribution is 7.17. The molecule has 1 aliphatic heterocycles. The molecule has 0 amide bonds. The van der Waals surface area contributed by atoms with Crippen LogP contribution in [-0.2, 0) is 4.74 Å². The third-order valence-corrected chi connectivity index (χ3v) is 6.11. The fourth-order valence-electron chi connectivity index (χ4n) is 3.67. The molecule has 0 atom stereocenters. The van der Waals surface area contributed by atoms with Crippen molar-refractivity contribution in [1.29, 1.82) is 0 Å². The second-order valence-corrected chi connectivity index (χ2v) is 8.05. The Morgan fingerprint density at radius 1 is 1.00 bits per heavy atom. The standard InChI is InChI=1S/C23H23N5OS/c1-2-6-17(7-3-1)18-16-30-23-20(18)22(25-10-11-28-12-14-29-15-13-28)26-21(27-23)19-8-4-5-9-24-19/h1-9,16H,10-15H2,(H,25,26,27). The molecule has 4 aromatic rings. The van der Waals surface area contributed by atoms with Crippen molar-refractivity contribution < 1.29 is 4.74 Å². The molecule has 1 aromatic carbocycles. The number of nitrogens with zero attached hydrogens (tertiary/aromatic N) is 4. The maximum Gasteiger partial charge on any atom is 0.181 e. The second kappa shape index (κ2) is 8.87. The lowest BCUT2D eigenvalue weighted by Gasteiger charge is -2.26. The van der Waals surface area contributed by atoms with Crippen LogP contribution < -0.4 is 5.32 Å². The molecule has 1 saturated heterocycles. The molecule has 0 bridgehead atoms. The Kier molecular flexibility index (Phi) is 5.65. The molecule has 7 heteroatoms. The van der Waals surface area contributed by atoms with Crippen molar-refractivity contribution in [1.82, 2.24) is 19.9 Å². The Bertz CT molecular complexity index is 1110. The van der Waals surface area contributed by atoms with Gasteiger partial charge in [-0.3, -0.25) is 9.88 Å².